The van der Waals surface area contributed by atoms with Crippen molar-refractivity contribution in [2.75, 3.05) is 13.6 Å². The molecule has 0 fully saturated rings. The van der Waals surface area contributed by atoms with Crippen LogP contribution < -0.4 is 11.3 Å². The van der Waals surface area contributed by atoms with Crippen LogP contribution in [0.2, 0.25) is 0 Å². The summed E-state index contributed by atoms with van der Waals surface area (Å²) in [6.07, 6.45) is 1.77. The molecule has 0 amide bonds. The van der Waals surface area contributed by atoms with Crippen molar-refractivity contribution in [1.29, 1.82) is 0 Å². The van der Waals surface area contributed by atoms with Crippen LogP contribution in [0.25, 0.3) is 0 Å². The third-order valence-electron chi connectivity index (χ3n) is 1.92. The van der Waals surface area contributed by atoms with E-state index in [0.717, 1.165) is 5.69 Å². The first kappa shape index (κ1) is 11.5. The third-order valence-corrected chi connectivity index (χ3v) is 1.92. The van der Waals surface area contributed by atoms with Crippen LogP contribution in [0.4, 0.5) is 0 Å². The zero-order valence-corrected chi connectivity index (χ0v) is 9.14. The predicted octanol–water partition coefficient (Wildman–Crippen LogP) is 0.353. The number of hydrogen-bond acceptors (Lipinski definition) is 3. The van der Waals surface area contributed by atoms with Crippen molar-refractivity contribution in [3.8, 4) is 0 Å². The number of rotatable bonds is 3. The first-order valence-electron chi connectivity index (χ1n) is 4.90. The molecule has 0 saturated carbocycles. The molecular formula is C10H17N5. The second kappa shape index (κ2) is 5.98. The fourth-order valence-electron chi connectivity index (χ4n) is 1.24. The van der Waals surface area contributed by atoms with Crippen LogP contribution in [0.15, 0.2) is 29.4 Å². The Labute approximate surface area is 90.0 Å². The Bertz CT molecular complexity index is 309. The van der Waals surface area contributed by atoms with Crippen molar-refractivity contribution in [2.24, 2.45) is 10.8 Å². The summed E-state index contributed by atoms with van der Waals surface area (Å²) in [4.78, 5) is 10.4. The third kappa shape index (κ3) is 3.55. The van der Waals surface area contributed by atoms with Gasteiger partial charge in [0.05, 0.1) is 12.2 Å². The zero-order valence-electron chi connectivity index (χ0n) is 9.14. The molecule has 5 nitrogen and oxygen atoms in total. The van der Waals surface area contributed by atoms with Gasteiger partial charge in [0, 0.05) is 19.8 Å². The zero-order chi connectivity index (χ0) is 11.1. The summed E-state index contributed by atoms with van der Waals surface area (Å²) in [6.45, 7) is 3.35. The van der Waals surface area contributed by atoms with Gasteiger partial charge in [0.15, 0.2) is 0 Å². The molecule has 0 aliphatic carbocycles. The highest BCUT2D eigenvalue weighted by Gasteiger charge is 2.04. The van der Waals surface area contributed by atoms with Crippen molar-refractivity contribution in [1.82, 2.24) is 15.3 Å². The van der Waals surface area contributed by atoms with Crippen LogP contribution in [-0.2, 0) is 6.54 Å². The van der Waals surface area contributed by atoms with E-state index in [0.29, 0.717) is 19.0 Å². The minimum absolute atomic E-state index is 0.670. The summed E-state index contributed by atoms with van der Waals surface area (Å²) in [6, 6.07) is 5.82. The first-order chi connectivity index (χ1) is 7.27. The van der Waals surface area contributed by atoms with Crippen molar-refractivity contribution in [3.05, 3.63) is 30.1 Å². The number of hydrogen-bond donors (Lipinski definition) is 2. The molecule has 82 valence electrons. The van der Waals surface area contributed by atoms with Crippen LogP contribution in [0.3, 0.4) is 0 Å². The molecule has 0 radical (unpaired) electrons. The van der Waals surface area contributed by atoms with E-state index < -0.39 is 0 Å². The Hall–Kier alpha value is -1.62. The molecular weight excluding hydrogens is 190 g/mol. The maximum atomic E-state index is 5.37. The molecule has 0 bridgehead atoms. The number of nitrogens with zero attached hydrogens (tertiary/aromatic N) is 3. The molecule has 0 spiro atoms. The van der Waals surface area contributed by atoms with Crippen molar-refractivity contribution in [2.45, 2.75) is 13.5 Å². The summed E-state index contributed by atoms with van der Waals surface area (Å²) in [5, 5.41) is 0. The van der Waals surface area contributed by atoms with E-state index >= 15 is 0 Å². The number of aliphatic imine (C=N–C) groups is 1. The molecule has 1 rings (SSSR count). The number of pyridine rings is 1. The number of guanidine groups is 1. The quantitative estimate of drug-likeness (QED) is 0.325. The van der Waals surface area contributed by atoms with E-state index in [-0.39, 0.29) is 0 Å². The Balaban J connectivity index is 2.62. The smallest absolute Gasteiger partial charge is 0.208 e. The molecule has 1 aromatic rings. The van der Waals surface area contributed by atoms with Gasteiger partial charge in [0.1, 0.15) is 0 Å². The van der Waals surface area contributed by atoms with Crippen LogP contribution >= 0.6 is 0 Å². The largest absolute Gasteiger partial charge is 0.339 e. The average molecular weight is 207 g/mol. The summed E-state index contributed by atoms with van der Waals surface area (Å²) in [7, 11) is 1.92. The highest BCUT2D eigenvalue weighted by Crippen LogP contribution is 1.98. The standard InChI is InChI=1S/C10H17N5/c1-3-12-10(14-11)15(2)8-9-6-4-5-7-13-9/h4-7H,3,8,11H2,1-2H3,(H,12,14). The molecule has 1 aromatic heterocycles. The van der Waals surface area contributed by atoms with Crippen LogP contribution in [0, 0.1) is 0 Å². The second-order valence-electron chi connectivity index (χ2n) is 3.12. The topological polar surface area (TPSA) is 66.5 Å². The molecule has 0 unspecified atom stereocenters. The van der Waals surface area contributed by atoms with E-state index in [9.17, 15) is 0 Å². The number of nitrogens with one attached hydrogen (secondary N) is 1. The van der Waals surface area contributed by atoms with E-state index in [2.05, 4.69) is 15.4 Å². The normalized spacial score (nSPS) is 11.3. The van der Waals surface area contributed by atoms with Crippen molar-refractivity contribution >= 4 is 5.96 Å². The van der Waals surface area contributed by atoms with E-state index in [1.54, 1.807) is 6.20 Å². The maximum Gasteiger partial charge on any atom is 0.208 e. The summed E-state index contributed by atoms with van der Waals surface area (Å²) in [5.74, 6) is 6.04. The first-order valence-corrected chi connectivity index (χ1v) is 4.90. The molecule has 5 heteroatoms. The van der Waals surface area contributed by atoms with Gasteiger partial charge in [0.25, 0.3) is 0 Å². The van der Waals surface area contributed by atoms with Gasteiger partial charge in [-0.3, -0.25) is 15.4 Å². The summed E-state index contributed by atoms with van der Waals surface area (Å²) < 4.78 is 0. The van der Waals surface area contributed by atoms with Gasteiger partial charge in [-0.15, -0.1) is 0 Å². The van der Waals surface area contributed by atoms with Gasteiger partial charge in [-0.25, -0.2) is 5.84 Å². The molecule has 0 aromatic carbocycles. The Kier molecular flexibility index (Phi) is 4.56. The Morgan fingerprint density at radius 2 is 2.40 bits per heavy atom. The number of aromatic nitrogens is 1. The minimum Gasteiger partial charge on any atom is -0.339 e. The van der Waals surface area contributed by atoms with Gasteiger partial charge in [-0.05, 0) is 19.1 Å². The van der Waals surface area contributed by atoms with Crippen molar-refractivity contribution < 1.29 is 0 Å². The Morgan fingerprint density at radius 1 is 1.60 bits per heavy atom. The SMILES string of the molecule is CCN=C(NN)N(C)Cc1ccccn1. The fraction of sp³-hybridized carbons (Fsp3) is 0.400. The second-order valence-corrected chi connectivity index (χ2v) is 3.12. The van der Waals surface area contributed by atoms with E-state index in [1.165, 1.54) is 0 Å². The van der Waals surface area contributed by atoms with Crippen LogP contribution in [-0.4, -0.2) is 29.4 Å². The van der Waals surface area contributed by atoms with Gasteiger partial charge >= 0.3 is 0 Å². The minimum atomic E-state index is 0.670. The van der Waals surface area contributed by atoms with Gasteiger partial charge < -0.3 is 4.90 Å². The number of hydrazine groups is 1. The molecule has 0 saturated heterocycles. The molecule has 3 N–H and O–H groups in total. The maximum absolute atomic E-state index is 5.37. The molecule has 0 aliphatic rings. The molecule has 1 heterocycles. The van der Waals surface area contributed by atoms with Crippen molar-refractivity contribution in [3.63, 3.8) is 0 Å². The summed E-state index contributed by atoms with van der Waals surface area (Å²) in [5.41, 5.74) is 3.56. The lowest BCUT2D eigenvalue weighted by molar-refractivity contribution is 0.470. The predicted molar refractivity (Wildman–Crippen MR) is 61.0 cm³/mol. The lowest BCUT2D eigenvalue weighted by Gasteiger charge is -2.19. The van der Waals surface area contributed by atoms with Gasteiger partial charge in [-0.2, -0.15) is 0 Å². The van der Waals surface area contributed by atoms with E-state index in [1.807, 2.05) is 37.1 Å². The lowest BCUT2D eigenvalue weighted by Crippen LogP contribution is -2.42. The van der Waals surface area contributed by atoms with Crippen LogP contribution in [0.1, 0.15) is 12.6 Å². The van der Waals surface area contributed by atoms with Crippen LogP contribution in [0.5, 0.6) is 0 Å². The summed E-state index contributed by atoms with van der Waals surface area (Å²) >= 11 is 0. The molecule has 0 atom stereocenters. The molecule has 15 heavy (non-hydrogen) atoms. The lowest BCUT2D eigenvalue weighted by atomic mass is 10.3. The number of nitrogens with two attached hydrogens (primary N) is 1. The van der Waals surface area contributed by atoms with Gasteiger partial charge in [-0.1, -0.05) is 6.07 Å². The molecule has 0 aliphatic heterocycles. The van der Waals surface area contributed by atoms with Gasteiger partial charge in [0.2, 0.25) is 5.96 Å². The highest BCUT2D eigenvalue weighted by molar-refractivity contribution is 5.78. The fourth-order valence-corrected chi connectivity index (χ4v) is 1.24. The monoisotopic (exact) mass is 207 g/mol. The Morgan fingerprint density at radius 3 is 2.93 bits per heavy atom. The average Bonchev–Trinajstić information content (AvgIpc) is 2.27. The van der Waals surface area contributed by atoms with E-state index in [4.69, 9.17) is 5.84 Å². The highest BCUT2D eigenvalue weighted by atomic mass is 15.4.